The Morgan fingerprint density at radius 2 is 2.16 bits per heavy atom. The number of benzene rings is 1. The van der Waals surface area contributed by atoms with Gasteiger partial charge in [-0.3, -0.25) is 4.79 Å². The molecule has 1 rings (SSSR count). The van der Waals surface area contributed by atoms with Gasteiger partial charge in [-0.25, -0.2) is 0 Å². The Morgan fingerprint density at radius 1 is 1.47 bits per heavy atom. The summed E-state index contributed by atoms with van der Waals surface area (Å²) in [6.45, 7) is 2.14. The highest BCUT2D eigenvalue weighted by atomic mass is 32.2. The van der Waals surface area contributed by atoms with Crippen LogP contribution in [-0.4, -0.2) is 28.6 Å². The minimum Gasteiger partial charge on any atom is -0.396 e. The van der Waals surface area contributed by atoms with E-state index in [0.717, 1.165) is 11.3 Å². The van der Waals surface area contributed by atoms with Gasteiger partial charge in [0.2, 0.25) is 5.91 Å². The third-order valence-corrected chi connectivity index (χ3v) is 3.79. The van der Waals surface area contributed by atoms with Gasteiger partial charge in [0.25, 0.3) is 0 Å². The monoisotopic (exact) mass is 278 g/mol. The van der Waals surface area contributed by atoms with Gasteiger partial charge in [0.1, 0.15) is 0 Å². The molecule has 19 heavy (non-hydrogen) atoms. The lowest BCUT2D eigenvalue weighted by atomic mass is 10.1. The molecule has 0 saturated heterocycles. The van der Waals surface area contributed by atoms with Crippen molar-refractivity contribution in [1.29, 1.82) is 5.26 Å². The zero-order chi connectivity index (χ0) is 14.1. The van der Waals surface area contributed by atoms with Gasteiger partial charge >= 0.3 is 0 Å². The first-order valence-electron chi connectivity index (χ1n) is 6.14. The number of hydrogen-bond donors (Lipinski definition) is 2. The molecule has 0 saturated carbocycles. The summed E-state index contributed by atoms with van der Waals surface area (Å²) in [5, 5.41) is 20.4. The van der Waals surface area contributed by atoms with E-state index in [9.17, 15) is 4.79 Å². The topological polar surface area (TPSA) is 73.1 Å². The first kappa shape index (κ1) is 15.5. The summed E-state index contributed by atoms with van der Waals surface area (Å²) >= 11 is 1.52. The molecule has 0 aliphatic heterocycles. The Bertz CT molecular complexity index is 440. The summed E-state index contributed by atoms with van der Waals surface area (Å²) < 4.78 is 0. The standard InChI is InChI=1S/C14H18N2O2S/c1-11(7-9-17)19-10-14(18)16-13-4-2-12(3-5-13)6-8-15/h2-5,11,17H,6-7,9-10H2,1H3,(H,16,18). The second-order valence-electron chi connectivity index (χ2n) is 4.21. The van der Waals surface area contributed by atoms with Crippen LogP contribution < -0.4 is 5.32 Å². The second-order valence-corrected chi connectivity index (χ2v) is 5.64. The van der Waals surface area contributed by atoms with Gasteiger partial charge in [-0.05, 0) is 24.1 Å². The Kier molecular flexibility index (Phi) is 7.01. The van der Waals surface area contributed by atoms with Crippen LogP contribution >= 0.6 is 11.8 Å². The van der Waals surface area contributed by atoms with Crippen LogP contribution in [0.15, 0.2) is 24.3 Å². The predicted molar refractivity (Wildman–Crippen MR) is 78.0 cm³/mol. The van der Waals surface area contributed by atoms with Gasteiger partial charge in [0.05, 0.1) is 18.2 Å². The van der Waals surface area contributed by atoms with Crippen LogP contribution in [0.2, 0.25) is 0 Å². The van der Waals surface area contributed by atoms with E-state index in [4.69, 9.17) is 10.4 Å². The minimum absolute atomic E-state index is 0.0529. The minimum atomic E-state index is -0.0529. The van der Waals surface area contributed by atoms with Gasteiger partial charge in [0.15, 0.2) is 0 Å². The third-order valence-electron chi connectivity index (χ3n) is 2.56. The van der Waals surface area contributed by atoms with Gasteiger partial charge in [-0.15, -0.1) is 11.8 Å². The van der Waals surface area contributed by atoms with E-state index in [1.165, 1.54) is 11.8 Å². The molecule has 4 nitrogen and oxygen atoms in total. The number of nitrogens with one attached hydrogen (secondary N) is 1. The van der Waals surface area contributed by atoms with E-state index in [2.05, 4.69) is 11.4 Å². The molecule has 102 valence electrons. The lowest BCUT2D eigenvalue weighted by Gasteiger charge is -2.09. The number of aliphatic hydroxyl groups excluding tert-OH is 1. The van der Waals surface area contributed by atoms with Crippen molar-refractivity contribution in [2.45, 2.75) is 25.0 Å². The molecule has 0 spiro atoms. The van der Waals surface area contributed by atoms with Crippen molar-refractivity contribution in [2.24, 2.45) is 0 Å². The number of thioether (sulfide) groups is 1. The Balaban J connectivity index is 2.38. The fourth-order valence-electron chi connectivity index (χ4n) is 1.48. The first-order chi connectivity index (χ1) is 9.15. The zero-order valence-corrected chi connectivity index (χ0v) is 11.7. The molecule has 1 unspecified atom stereocenters. The molecule has 0 heterocycles. The normalized spacial score (nSPS) is 11.6. The number of rotatable bonds is 7. The molecule has 2 N–H and O–H groups in total. The Hall–Kier alpha value is -1.51. The van der Waals surface area contributed by atoms with Gasteiger partial charge in [-0.2, -0.15) is 5.26 Å². The fourth-order valence-corrected chi connectivity index (χ4v) is 2.26. The van der Waals surface area contributed by atoms with E-state index in [-0.39, 0.29) is 17.8 Å². The number of carbonyl (C=O) groups excluding carboxylic acids is 1. The molecular formula is C14H18N2O2S. The van der Waals surface area contributed by atoms with Crippen LogP contribution in [0.4, 0.5) is 5.69 Å². The molecular weight excluding hydrogens is 260 g/mol. The summed E-state index contributed by atoms with van der Waals surface area (Å²) in [6, 6.07) is 9.34. The maximum Gasteiger partial charge on any atom is 0.234 e. The molecule has 0 aliphatic rings. The highest BCUT2D eigenvalue weighted by Gasteiger charge is 2.07. The van der Waals surface area contributed by atoms with Crippen LogP contribution in [0.3, 0.4) is 0 Å². The van der Waals surface area contributed by atoms with Crippen LogP contribution in [0.1, 0.15) is 18.9 Å². The van der Waals surface area contributed by atoms with Crippen LogP contribution in [-0.2, 0) is 11.2 Å². The first-order valence-corrected chi connectivity index (χ1v) is 7.18. The van der Waals surface area contributed by atoms with Crippen molar-refractivity contribution in [2.75, 3.05) is 17.7 Å². The van der Waals surface area contributed by atoms with E-state index in [1.54, 1.807) is 12.1 Å². The summed E-state index contributed by atoms with van der Waals surface area (Å²) in [7, 11) is 0. The lowest BCUT2D eigenvalue weighted by molar-refractivity contribution is -0.113. The molecule has 1 atom stereocenters. The number of anilines is 1. The average molecular weight is 278 g/mol. The molecule has 1 amide bonds. The van der Waals surface area contributed by atoms with Crippen molar-refractivity contribution >= 4 is 23.4 Å². The van der Waals surface area contributed by atoms with Gasteiger partial charge < -0.3 is 10.4 Å². The quantitative estimate of drug-likeness (QED) is 0.802. The fraction of sp³-hybridized carbons (Fsp3) is 0.429. The smallest absolute Gasteiger partial charge is 0.234 e. The SMILES string of the molecule is CC(CCO)SCC(=O)Nc1ccc(CC#N)cc1. The molecule has 1 aromatic carbocycles. The summed E-state index contributed by atoms with van der Waals surface area (Å²) in [5.74, 6) is 0.323. The summed E-state index contributed by atoms with van der Waals surface area (Å²) in [4.78, 5) is 11.7. The molecule has 0 radical (unpaired) electrons. The zero-order valence-electron chi connectivity index (χ0n) is 10.9. The van der Waals surface area contributed by atoms with Crippen molar-refractivity contribution in [3.05, 3.63) is 29.8 Å². The number of nitrogens with zero attached hydrogens (tertiary/aromatic N) is 1. The highest BCUT2D eigenvalue weighted by Crippen LogP contribution is 2.15. The molecule has 0 bridgehead atoms. The number of carbonyl (C=O) groups is 1. The van der Waals surface area contributed by atoms with Crippen molar-refractivity contribution in [3.63, 3.8) is 0 Å². The van der Waals surface area contributed by atoms with E-state index >= 15 is 0 Å². The largest absolute Gasteiger partial charge is 0.396 e. The van der Waals surface area contributed by atoms with E-state index < -0.39 is 0 Å². The predicted octanol–water partition coefficient (Wildman–Crippen LogP) is 2.20. The number of nitriles is 1. The van der Waals surface area contributed by atoms with Crippen molar-refractivity contribution in [3.8, 4) is 6.07 Å². The number of aliphatic hydroxyl groups is 1. The maximum atomic E-state index is 11.7. The Labute approximate surface area is 117 Å². The highest BCUT2D eigenvalue weighted by molar-refractivity contribution is 8.00. The molecule has 0 fully saturated rings. The maximum absolute atomic E-state index is 11.7. The van der Waals surface area contributed by atoms with Crippen molar-refractivity contribution < 1.29 is 9.90 Å². The lowest BCUT2D eigenvalue weighted by Crippen LogP contribution is -2.16. The van der Waals surface area contributed by atoms with E-state index in [1.807, 2.05) is 19.1 Å². The van der Waals surface area contributed by atoms with Gasteiger partial charge in [-0.1, -0.05) is 19.1 Å². The van der Waals surface area contributed by atoms with Crippen LogP contribution in [0, 0.1) is 11.3 Å². The second kappa shape index (κ2) is 8.57. The molecule has 0 aromatic heterocycles. The number of amides is 1. The number of hydrogen-bond acceptors (Lipinski definition) is 4. The summed E-state index contributed by atoms with van der Waals surface area (Å²) in [5.41, 5.74) is 1.67. The molecule has 0 aliphatic carbocycles. The van der Waals surface area contributed by atoms with Gasteiger partial charge in [0, 0.05) is 17.5 Å². The van der Waals surface area contributed by atoms with E-state index in [0.29, 0.717) is 18.6 Å². The third kappa shape index (κ3) is 6.27. The Morgan fingerprint density at radius 3 is 2.74 bits per heavy atom. The summed E-state index contributed by atoms with van der Waals surface area (Å²) in [6.07, 6.45) is 1.07. The van der Waals surface area contributed by atoms with Crippen molar-refractivity contribution in [1.82, 2.24) is 0 Å². The van der Waals surface area contributed by atoms with Crippen LogP contribution in [0.5, 0.6) is 0 Å². The molecule has 5 heteroatoms. The average Bonchev–Trinajstić information content (AvgIpc) is 2.39. The molecule has 1 aromatic rings. The van der Waals surface area contributed by atoms with Crippen LogP contribution in [0.25, 0.3) is 0 Å².